The molecule has 2 saturated heterocycles. The maximum Gasteiger partial charge on any atom is 0.217 e. The van der Waals surface area contributed by atoms with Gasteiger partial charge >= 0.3 is 0 Å². The van der Waals surface area contributed by atoms with Gasteiger partial charge < -0.3 is 28.5 Å². The third kappa shape index (κ3) is 10.6. The molecular formula is C15H26NO11S2-3. The van der Waals surface area contributed by atoms with Gasteiger partial charge in [0.2, 0.25) is 10.4 Å². The summed E-state index contributed by atoms with van der Waals surface area (Å²) in [5, 5.41) is 10.4. The predicted octanol–water partition coefficient (Wildman–Crippen LogP) is -1.90. The number of ether oxygens (including phenoxy) is 2. The number of aliphatic carboxylic acids is 1. The first kappa shape index (κ1) is 26.2. The summed E-state index contributed by atoms with van der Waals surface area (Å²) in [6.07, 6.45) is -0.455. The van der Waals surface area contributed by atoms with Crippen LogP contribution in [0, 0.1) is 17.8 Å². The van der Waals surface area contributed by atoms with Gasteiger partial charge in [-0.1, -0.05) is 20.8 Å². The lowest BCUT2D eigenvalue weighted by Crippen LogP contribution is -2.48. The van der Waals surface area contributed by atoms with Crippen molar-refractivity contribution in [1.82, 2.24) is 4.72 Å². The normalized spacial score (nSPS) is 33.4. The Bertz CT molecular complexity index is 739. The third-order valence-electron chi connectivity index (χ3n) is 4.91. The zero-order chi connectivity index (χ0) is 22.4. The van der Waals surface area contributed by atoms with E-state index < -0.39 is 51.5 Å². The fourth-order valence-corrected chi connectivity index (χ4v) is 3.89. The van der Waals surface area contributed by atoms with Crippen molar-refractivity contribution in [2.75, 3.05) is 19.8 Å². The molecule has 0 aliphatic carbocycles. The summed E-state index contributed by atoms with van der Waals surface area (Å²) in [7, 11) is -9.34. The SMILES string of the molecule is CC1CC(COS(=O)(=O)[O-])OCC1NS(=O)(=O)[O-].CC1COC(C(=O)[O-])CC1C. The lowest BCUT2D eigenvalue weighted by atomic mass is 9.89. The first-order chi connectivity index (χ1) is 13.2. The molecule has 0 radical (unpaired) electrons. The van der Waals surface area contributed by atoms with Gasteiger partial charge in [-0.15, -0.1) is 0 Å². The summed E-state index contributed by atoms with van der Waals surface area (Å²) >= 11 is 0. The number of carboxylic acids is 1. The van der Waals surface area contributed by atoms with Crippen molar-refractivity contribution in [1.29, 1.82) is 0 Å². The number of nitrogens with one attached hydrogen (secondary N) is 1. The summed E-state index contributed by atoms with van der Waals surface area (Å²) < 4.78 is 78.4. The summed E-state index contributed by atoms with van der Waals surface area (Å²) in [6.45, 7) is 5.81. The molecule has 2 aliphatic heterocycles. The molecule has 2 rings (SSSR count). The molecule has 0 saturated carbocycles. The fourth-order valence-electron chi connectivity index (χ4n) is 2.90. The van der Waals surface area contributed by atoms with E-state index in [1.807, 2.05) is 11.6 Å². The Morgan fingerprint density at radius 2 is 1.62 bits per heavy atom. The highest BCUT2D eigenvalue weighted by Crippen LogP contribution is 2.24. The van der Waals surface area contributed by atoms with Crippen LogP contribution >= 0.6 is 0 Å². The lowest BCUT2D eigenvalue weighted by Gasteiger charge is -2.35. The van der Waals surface area contributed by atoms with Crippen molar-refractivity contribution in [2.45, 2.75) is 51.9 Å². The Balaban J connectivity index is 0.000000326. The van der Waals surface area contributed by atoms with E-state index in [0.717, 1.165) is 0 Å². The molecule has 2 heterocycles. The number of carbonyl (C=O) groups is 1. The largest absolute Gasteiger partial charge is 0.735 e. The van der Waals surface area contributed by atoms with Crippen molar-refractivity contribution in [3.8, 4) is 0 Å². The lowest BCUT2D eigenvalue weighted by molar-refractivity contribution is -0.319. The van der Waals surface area contributed by atoms with Gasteiger partial charge in [-0.05, 0) is 30.6 Å². The van der Waals surface area contributed by atoms with Crippen LogP contribution in [0.5, 0.6) is 0 Å². The van der Waals surface area contributed by atoms with Gasteiger partial charge in [0, 0.05) is 6.04 Å². The number of hydrogen-bond donors (Lipinski definition) is 1. The van der Waals surface area contributed by atoms with E-state index in [2.05, 4.69) is 11.1 Å². The topological polar surface area (TPSA) is 194 Å². The Kier molecular flexibility index (Phi) is 9.88. The molecule has 14 heteroatoms. The van der Waals surface area contributed by atoms with E-state index in [9.17, 15) is 35.8 Å². The number of carbonyl (C=O) groups excluding carboxylic acids is 1. The summed E-state index contributed by atoms with van der Waals surface area (Å²) in [5.74, 6) is -0.438. The molecule has 1 N–H and O–H groups in total. The first-order valence-electron chi connectivity index (χ1n) is 8.95. The van der Waals surface area contributed by atoms with Gasteiger partial charge in [0.1, 0.15) is 0 Å². The van der Waals surface area contributed by atoms with Crippen molar-refractivity contribution in [3.63, 3.8) is 0 Å². The second kappa shape index (κ2) is 10.9. The van der Waals surface area contributed by atoms with Crippen LogP contribution < -0.4 is 9.83 Å². The first-order valence-corrected chi connectivity index (χ1v) is 11.7. The summed E-state index contributed by atoms with van der Waals surface area (Å²) in [5.41, 5.74) is 0. The van der Waals surface area contributed by atoms with Crippen LogP contribution in [0.4, 0.5) is 0 Å². The van der Waals surface area contributed by atoms with E-state index in [1.165, 1.54) is 0 Å². The van der Waals surface area contributed by atoms with E-state index in [1.54, 1.807) is 6.92 Å². The van der Waals surface area contributed by atoms with Crippen molar-refractivity contribution < 1.29 is 49.5 Å². The second-order valence-corrected chi connectivity index (χ2v) is 9.57. The molecule has 6 atom stereocenters. The van der Waals surface area contributed by atoms with E-state index in [0.29, 0.717) is 24.9 Å². The maximum absolute atomic E-state index is 10.5. The van der Waals surface area contributed by atoms with E-state index in [-0.39, 0.29) is 18.9 Å². The van der Waals surface area contributed by atoms with Crippen molar-refractivity contribution in [2.24, 2.45) is 17.8 Å². The predicted molar refractivity (Wildman–Crippen MR) is 93.5 cm³/mol. The van der Waals surface area contributed by atoms with E-state index in [4.69, 9.17) is 9.47 Å². The maximum atomic E-state index is 10.5. The van der Waals surface area contributed by atoms with Gasteiger partial charge in [-0.25, -0.2) is 21.6 Å². The summed E-state index contributed by atoms with van der Waals surface area (Å²) in [6, 6.07) is -0.674. The second-order valence-electron chi connectivity index (χ2n) is 7.37. The molecule has 0 spiro atoms. The van der Waals surface area contributed by atoms with Gasteiger partial charge in [-0.3, -0.25) is 4.18 Å². The molecule has 0 bridgehead atoms. The molecule has 0 aromatic carbocycles. The van der Waals surface area contributed by atoms with Crippen LogP contribution in [0.2, 0.25) is 0 Å². The monoisotopic (exact) mass is 460 g/mol. The van der Waals surface area contributed by atoms with Crippen LogP contribution in [-0.2, 0) is 39.2 Å². The summed E-state index contributed by atoms with van der Waals surface area (Å²) in [4.78, 5) is 10.4. The number of hydrogen-bond acceptors (Lipinski definition) is 11. The highest BCUT2D eigenvalue weighted by Gasteiger charge is 2.29. The highest BCUT2D eigenvalue weighted by molar-refractivity contribution is 7.83. The Labute approximate surface area is 170 Å². The molecule has 0 aromatic heterocycles. The Morgan fingerprint density at radius 3 is 2.07 bits per heavy atom. The van der Waals surface area contributed by atoms with Crippen LogP contribution in [0.1, 0.15) is 33.6 Å². The zero-order valence-electron chi connectivity index (χ0n) is 16.3. The van der Waals surface area contributed by atoms with Crippen LogP contribution in [0.25, 0.3) is 0 Å². The van der Waals surface area contributed by atoms with Gasteiger partial charge in [0.25, 0.3) is 0 Å². The fraction of sp³-hybridized carbons (Fsp3) is 0.933. The molecule has 2 aliphatic rings. The molecular weight excluding hydrogens is 434 g/mol. The minimum absolute atomic E-state index is 0.0877. The average molecular weight is 461 g/mol. The molecule has 12 nitrogen and oxygen atoms in total. The molecule has 29 heavy (non-hydrogen) atoms. The number of carboxylic acid groups (broad SMARTS) is 1. The van der Waals surface area contributed by atoms with E-state index >= 15 is 0 Å². The number of rotatable bonds is 6. The molecule has 0 amide bonds. The van der Waals surface area contributed by atoms with Crippen molar-refractivity contribution >= 4 is 26.7 Å². The van der Waals surface area contributed by atoms with Gasteiger partial charge in [-0.2, -0.15) is 0 Å². The van der Waals surface area contributed by atoms with Crippen LogP contribution in [-0.4, -0.2) is 70.0 Å². The minimum atomic E-state index is -4.77. The molecule has 2 fully saturated rings. The Morgan fingerprint density at radius 1 is 1.00 bits per heavy atom. The molecule has 6 unspecified atom stereocenters. The standard InChI is InChI=1S/C8H14O3.C7H15NO8S2/c1-5-3-7(8(9)10)11-4-6(5)2;1-5-2-6(3-16-18(12,13)14)15-4-7(5)8-17(9,10)11/h5-7H,3-4H2,1-2H3,(H,9,10);5-8H,2-4H2,1H3,(H,9,10,11)(H,12,13,14)/p-3. The average Bonchev–Trinajstić information content (AvgIpc) is 2.56. The van der Waals surface area contributed by atoms with Crippen molar-refractivity contribution in [3.05, 3.63) is 0 Å². The zero-order valence-corrected chi connectivity index (χ0v) is 17.9. The Hall–Kier alpha value is -0.870. The highest BCUT2D eigenvalue weighted by atomic mass is 32.3. The quantitative estimate of drug-likeness (QED) is 0.343. The molecule has 0 aromatic rings. The van der Waals surface area contributed by atoms with Gasteiger partial charge in [0.15, 0.2) is 10.3 Å². The smallest absolute Gasteiger partial charge is 0.217 e. The molecule has 172 valence electrons. The van der Waals surface area contributed by atoms with Crippen LogP contribution in [0.15, 0.2) is 0 Å². The van der Waals surface area contributed by atoms with Crippen LogP contribution in [0.3, 0.4) is 0 Å². The van der Waals surface area contributed by atoms with Gasteiger partial charge in [0.05, 0.1) is 38.0 Å². The third-order valence-corrected chi connectivity index (χ3v) is 5.92. The minimum Gasteiger partial charge on any atom is -0.735 e.